The fraction of sp³-hybridized carbons (Fsp3) is 0.500. The summed E-state index contributed by atoms with van der Waals surface area (Å²) >= 11 is 0. The van der Waals surface area contributed by atoms with Gasteiger partial charge in [-0.2, -0.15) is 0 Å². The van der Waals surface area contributed by atoms with E-state index in [0.717, 1.165) is 0 Å². The van der Waals surface area contributed by atoms with Gasteiger partial charge in [0.2, 0.25) is 12.5 Å². The Morgan fingerprint density at radius 3 is 2.87 bits per heavy atom. The second kappa shape index (κ2) is 6.51. The van der Waals surface area contributed by atoms with Crippen LogP contribution >= 0.6 is 0 Å². The molecule has 0 spiro atoms. The zero-order valence-electron chi connectivity index (χ0n) is 16.7. The summed E-state index contributed by atoms with van der Waals surface area (Å²) in [4.78, 5) is 25.0. The summed E-state index contributed by atoms with van der Waals surface area (Å²) in [5.41, 5.74) is 1.20. The topological polar surface area (TPSA) is 125 Å². The maximum atomic E-state index is 12.9. The molecule has 160 valence electrons. The Morgan fingerprint density at radius 2 is 2.10 bits per heavy atom. The third-order valence-corrected chi connectivity index (χ3v) is 5.52. The van der Waals surface area contributed by atoms with Gasteiger partial charge in [-0.1, -0.05) is 0 Å². The van der Waals surface area contributed by atoms with Crippen LogP contribution in [0.4, 0.5) is 4.79 Å². The Labute approximate surface area is 172 Å². The fourth-order valence-electron chi connectivity index (χ4n) is 4.41. The Morgan fingerprint density at radius 1 is 1.33 bits per heavy atom. The van der Waals surface area contributed by atoms with Crippen molar-refractivity contribution in [3.8, 4) is 17.2 Å². The summed E-state index contributed by atoms with van der Waals surface area (Å²) in [6.45, 7) is 5.68. The van der Waals surface area contributed by atoms with E-state index in [4.69, 9.17) is 23.7 Å². The minimum absolute atomic E-state index is 0.0470. The third-order valence-electron chi connectivity index (χ3n) is 5.52. The van der Waals surface area contributed by atoms with Gasteiger partial charge in [0, 0.05) is 12.1 Å². The van der Waals surface area contributed by atoms with Crippen molar-refractivity contribution in [2.75, 3.05) is 13.3 Å². The number of carbonyl (C=O) groups excluding carboxylic acids is 2. The van der Waals surface area contributed by atoms with Crippen molar-refractivity contribution < 1.29 is 38.4 Å². The lowest BCUT2D eigenvalue weighted by Gasteiger charge is -2.39. The minimum Gasteiger partial charge on any atom is -0.504 e. The van der Waals surface area contributed by atoms with Gasteiger partial charge < -0.3 is 39.4 Å². The molecule has 1 saturated heterocycles. The van der Waals surface area contributed by atoms with Gasteiger partial charge in [-0.3, -0.25) is 4.79 Å². The summed E-state index contributed by atoms with van der Waals surface area (Å²) in [7, 11) is 0. The van der Waals surface area contributed by atoms with Crippen LogP contribution in [0.2, 0.25) is 0 Å². The van der Waals surface area contributed by atoms with Gasteiger partial charge in [-0.15, -0.1) is 0 Å². The Hall–Kier alpha value is -2.98. The molecule has 4 atom stereocenters. The number of aromatic hydroxyl groups is 1. The number of alkyl carbamates (subject to hydrolysis) is 1. The van der Waals surface area contributed by atoms with Gasteiger partial charge in [-0.25, -0.2) is 4.79 Å². The molecule has 30 heavy (non-hydrogen) atoms. The van der Waals surface area contributed by atoms with Crippen LogP contribution in [0.25, 0.3) is 5.57 Å². The molecule has 3 heterocycles. The first-order chi connectivity index (χ1) is 14.3. The summed E-state index contributed by atoms with van der Waals surface area (Å²) in [5.74, 6) is -1.20. The zero-order valence-corrected chi connectivity index (χ0v) is 16.7. The second-order valence-electron chi connectivity index (χ2n) is 7.92. The van der Waals surface area contributed by atoms with Gasteiger partial charge >= 0.3 is 6.09 Å². The van der Waals surface area contributed by atoms with E-state index in [2.05, 4.69) is 10.6 Å². The van der Waals surface area contributed by atoms with Crippen molar-refractivity contribution in [2.24, 2.45) is 0 Å². The van der Waals surface area contributed by atoms with Crippen molar-refractivity contribution in [1.29, 1.82) is 0 Å². The quantitative estimate of drug-likeness (QED) is 0.656. The smallest absolute Gasteiger partial charge is 0.407 e. The van der Waals surface area contributed by atoms with Crippen LogP contribution in [-0.2, 0) is 14.2 Å². The largest absolute Gasteiger partial charge is 0.504 e. The van der Waals surface area contributed by atoms with Gasteiger partial charge in [0.05, 0.1) is 11.6 Å². The lowest BCUT2D eigenvalue weighted by atomic mass is 9.79. The average Bonchev–Trinajstić information content (AvgIpc) is 3.26. The molecule has 5 rings (SSSR count). The number of ether oxygens (including phenoxy) is 5. The monoisotopic (exact) mass is 418 g/mol. The van der Waals surface area contributed by atoms with Crippen LogP contribution in [0.3, 0.4) is 0 Å². The number of hydrogen-bond acceptors (Lipinski definition) is 8. The van der Waals surface area contributed by atoms with E-state index in [9.17, 15) is 14.7 Å². The third kappa shape index (κ3) is 2.78. The number of amides is 2. The van der Waals surface area contributed by atoms with Crippen molar-refractivity contribution in [1.82, 2.24) is 10.6 Å². The standard InChI is InChI=1S/C20H22N2O8/c1-4-21-19(25)28-11-6-9-8-5-10-15(27-7-26-10)14(23)12(8)18(24)22-13(9)17-16(11)29-20(2,3)30-17/h5-6,11,13,16-17,23H,4,7H2,1-3H3,(H,21,25)(H,22,24)/t11-,13+,16+,17-/m0/s1. The highest BCUT2D eigenvalue weighted by atomic mass is 16.8. The maximum absolute atomic E-state index is 12.9. The maximum Gasteiger partial charge on any atom is 0.407 e. The Kier molecular flexibility index (Phi) is 4.13. The number of benzene rings is 1. The molecule has 1 aromatic rings. The predicted octanol–water partition coefficient (Wildman–Crippen LogP) is 1.26. The highest BCUT2D eigenvalue weighted by Gasteiger charge is 2.55. The number of phenolic OH excluding ortho intramolecular Hbond substituents is 1. The second-order valence-corrected chi connectivity index (χ2v) is 7.92. The van der Waals surface area contributed by atoms with E-state index in [1.807, 2.05) is 0 Å². The van der Waals surface area contributed by atoms with Gasteiger partial charge in [0.25, 0.3) is 5.91 Å². The summed E-state index contributed by atoms with van der Waals surface area (Å²) < 4.78 is 28.4. The summed E-state index contributed by atoms with van der Waals surface area (Å²) in [6.07, 6.45) is -0.820. The Balaban J connectivity index is 1.62. The molecular weight excluding hydrogens is 396 g/mol. The van der Waals surface area contributed by atoms with Gasteiger partial charge in [0.1, 0.15) is 12.2 Å². The van der Waals surface area contributed by atoms with Crippen LogP contribution in [-0.4, -0.2) is 60.6 Å². The molecule has 0 unspecified atom stereocenters. The van der Waals surface area contributed by atoms with Crippen molar-refractivity contribution in [2.45, 2.75) is 50.9 Å². The molecule has 0 radical (unpaired) electrons. The SMILES string of the molecule is CCNC(=O)O[C@H]1C=C2c3cc4c(c(O)c3C(=O)N[C@H]2[C@@H]2OC(C)(C)O[C@@H]21)OCO4. The molecule has 1 fully saturated rings. The van der Waals surface area contributed by atoms with Crippen LogP contribution in [0.5, 0.6) is 17.2 Å². The van der Waals surface area contributed by atoms with E-state index >= 15 is 0 Å². The normalized spacial score (nSPS) is 29.8. The first-order valence-corrected chi connectivity index (χ1v) is 9.77. The molecular formula is C20H22N2O8. The molecule has 4 aliphatic rings. The van der Waals surface area contributed by atoms with Gasteiger partial charge in [0.15, 0.2) is 23.4 Å². The summed E-state index contributed by atoms with van der Waals surface area (Å²) in [5, 5.41) is 16.1. The molecule has 1 aromatic carbocycles. The Bertz CT molecular complexity index is 972. The fourth-order valence-corrected chi connectivity index (χ4v) is 4.41. The first kappa shape index (κ1) is 19.0. The zero-order chi connectivity index (χ0) is 21.2. The molecule has 3 N–H and O–H groups in total. The number of fused-ring (bicyclic) bond motifs is 6. The van der Waals surface area contributed by atoms with Crippen LogP contribution in [0, 0.1) is 0 Å². The van der Waals surface area contributed by atoms with E-state index in [-0.39, 0.29) is 23.9 Å². The molecule has 0 aromatic heterocycles. The van der Waals surface area contributed by atoms with Crippen LogP contribution in [0.1, 0.15) is 36.7 Å². The molecule has 0 bridgehead atoms. The number of hydrogen-bond donors (Lipinski definition) is 3. The van der Waals surface area contributed by atoms with Crippen molar-refractivity contribution in [3.05, 3.63) is 23.3 Å². The van der Waals surface area contributed by atoms with Crippen LogP contribution in [0.15, 0.2) is 12.1 Å². The van der Waals surface area contributed by atoms with Crippen LogP contribution < -0.4 is 20.1 Å². The van der Waals surface area contributed by atoms with E-state index < -0.39 is 42.1 Å². The molecule has 0 saturated carbocycles. The lowest BCUT2D eigenvalue weighted by Crippen LogP contribution is -2.56. The number of rotatable bonds is 2. The van der Waals surface area contributed by atoms with Gasteiger partial charge in [-0.05, 0) is 38.5 Å². The molecule has 3 aliphatic heterocycles. The first-order valence-electron chi connectivity index (χ1n) is 9.77. The highest BCUT2D eigenvalue weighted by Crippen LogP contribution is 2.50. The van der Waals surface area contributed by atoms with E-state index in [0.29, 0.717) is 23.4 Å². The minimum atomic E-state index is -0.927. The lowest BCUT2D eigenvalue weighted by molar-refractivity contribution is -0.152. The van der Waals surface area contributed by atoms with Crippen molar-refractivity contribution in [3.63, 3.8) is 0 Å². The number of phenols is 1. The van der Waals surface area contributed by atoms with Crippen molar-refractivity contribution >= 4 is 17.6 Å². The van der Waals surface area contributed by atoms with E-state index in [1.54, 1.807) is 32.9 Å². The van der Waals surface area contributed by atoms with E-state index in [1.165, 1.54) is 0 Å². The predicted molar refractivity (Wildman–Crippen MR) is 101 cm³/mol. The molecule has 10 heteroatoms. The summed E-state index contributed by atoms with van der Waals surface area (Å²) in [6, 6.07) is 1.10. The molecule has 10 nitrogen and oxygen atoms in total. The number of carbonyl (C=O) groups is 2. The molecule has 2 amide bonds. The number of nitrogens with one attached hydrogen (secondary N) is 2. The highest BCUT2D eigenvalue weighted by molar-refractivity contribution is 6.07. The molecule has 1 aliphatic carbocycles. The average molecular weight is 418 g/mol.